The fraction of sp³-hybridized carbons (Fsp3) is 0.120. The molecule has 0 bridgehead atoms. The molecule has 0 saturated heterocycles. The number of aliphatic imine (C=N–C) groups is 1. The molecular weight excluding hydrogens is 541 g/mol. The fourth-order valence-electron chi connectivity index (χ4n) is 3.40. The summed E-state index contributed by atoms with van der Waals surface area (Å²) >= 11 is 7.35. The van der Waals surface area contributed by atoms with E-state index in [-0.39, 0.29) is 16.4 Å². The number of ether oxygens (including phenoxy) is 1. The summed E-state index contributed by atoms with van der Waals surface area (Å²) in [4.78, 5) is 21.7. The summed E-state index contributed by atoms with van der Waals surface area (Å²) in [7, 11) is 0. The van der Waals surface area contributed by atoms with Crippen molar-refractivity contribution in [2.45, 2.75) is 12.7 Å². The van der Waals surface area contributed by atoms with Crippen LogP contribution in [-0.4, -0.2) is 29.7 Å². The number of amidine groups is 1. The summed E-state index contributed by atoms with van der Waals surface area (Å²) in [6.45, 7) is -1.19. The second kappa shape index (κ2) is 11.8. The highest BCUT2D eigenvalue weighted by Gasteiger charge is 2.29. The van der Waals surface area contributed by atoms with Gasteiger partial charge in [0.2, 0.25) is 0 Å². The van der Waals surface area contributed by atoms with Crippen LogP contribution >= 0.6 is 22.9 Å². The molecule has 2 aromatic carbocycles. The Morgan fingerprint density at radius 2 is 2.03 bits per heavy atom. The number of nitrogens with one attached hydrogen (secondary N) is 3. The first kappa shape index (κ1) is 26.7. The number of hydrogen-bond acceptors (Lipinski definition) is 7. The maximum Gasteiger partial charge on any atom is 0.422 e. The van der Waals surface area contributed by atoms with E-state index in [2.05, 4.69) is 25.3 Å². The highest BCUT2D eigenvalue weighted by molar-refractivity contribution is 7.12. The van der Waals surface area contributed by atoms with E-state index >= 15 is 0 Å². The van der Waals surface area contributed by atoms with Gasteiger partial charge in [-0.15, -0.1) is 11.3 Å². The number of thiophene rings is 1. The standard InChI is InChI=1S/C25H18ClF3N6O2S/c26-18-7-6-16(11-21(18)35-24(33-14-30)37-13-25(27,28)29)34-23(36)22-20(8-10-38-22)32-12-15-3-1-5-19-17(15)4-2-9-31-19/h1-11,32H,12-13H2,(H,33,35)(H,34,36). The molecule has 1 amide bonds. The number of carbonyl (C=O) groups excluding carboxylic acids is 1. The number of aromatic nitrogens is 1. The first-order valence-corrected chi connectivity index (χ1v) is 12.2. The van der Waals surface area contributed by atoms with Crippen LogP contribution in [0.15, 0.2) is 71.2 Å². The average molecular weight is 559 g/mol. The van der Waals surface area contributed by atoms with Crippen molar-refractivity contribution in [2.24, 2.45) is 4.99 Å². The number of rotatable bonds is 7. The highest BCUT2D eigenvalue weighted by atomic mass is 35.5. The molecule has 2 heterocycles. The Bertz CT molecular complexity index is 1530. The van der Waals surface area contributed by atoms with Gasteiger partial charge in [0.05, 0.1) is 21.9 Å². The molecule has 3 N–H and O–H groups in total. The van der Waals surface area contributed by atoms with Crippen molar-refractivity contribution >= 4 is 62.8 Å². The van der Waals surface area contributed by atoms with Crippen LogP contribution in [0.25, 0.3) is 10.9 Å². The number of fused-ring (bicyclic) bond motifs is 1. The third kappa shape index (κ3) is 6.90. The molecule has 0 aliphatic rings. The van der Waals surface area contributed by atoms with Gasteiger partial charge in [-0.3, -0.25) is 9.78 Å². The number of nitrogens with zero attached hydrogens (tertiary/aromatic N) is 3. The van der Waals surface area contributed by atoms with Gasteiger partial charge in [-0.25, -0.2) is 5.32 Å². The Balaban J connectivity index is 1.48. The van der Waals surface area contributed by atoms with Gasteiger partial charge in [-0.1, -0.05) is 29.8 Å². The van der Waals surface area contributed by atoms with Gasteiger partial charge in [-0.05, 0) is 47.3 Å². The zero-order valence-corrected chi connectivity index (χ0v) is 20.9. The highest BCUT2D eigenvalue weighted by Crippen LogP contribution is 2.30. The van der Waals surface area contributed by atoms with Crippen LogP contribution in [0.3, 0.4) is 0 Å². The first-order valence-electron chi connectivity index (χ1n) is 10.9. The Morgan fingerprint density at radius 1 is 1.18 bits per heavy atom. The van der Waals surface area contributed by atoms with E-state index in [0.717, 1.165) is 16.5 Å². The third-order valence-electron chi connectivity index (χ3n) is 5.04. The molecule has 0 spiro atoms. The molecule has 0 saturated carbocycles. The van der Waals surface area contributed by atoms with Crippen molar-refractivity contribution < 1.29 is 22.7 Å². The Kier molecular flexibility index (Phi) is 8.30. The second-order valence-electron chi connectivity index (χ2n) is 7.68. The third-order valence-corrected chi connectivity index (χ3v) is 6.27. The molecule has 8 nitrogen and oxygen atoms in total. The Labute approximate surface area is 223 Å². The van der Waals surface area contributed by atoms with E-state index in [9.17, 15) is 18.0 Å². The fourth-order valence-corrected chi connectivity index (χ4v) is 4.33. The Morgan fingerprint density at radius 3 is 2.82 bits per heavy atom. The van der Waals surface area contributed by atoms with Crippen molar-refractivity contribution in [2.75, 3.05) is 17.2 Å². The molecule has 38 heavy (non-hydrogen) atoms. The van der Waals surface area contributed by atoms with Crippen LogP contribution in [0.4, 0.5) is 30.2 Å². The summed E-state index contributed by atoms with van der Waals surface area (Å²) < 4.78 is 42.0. The molecule has 0 aliphatic carbocycles. The van der Waals surface area contributed by atoms with E-state index in [4.69, 9.17) is 16.9 Å². The summed E-state index contributed by atoms with van der Waals surface area (Å²) in [6.07, 6.45) is -1.45. The van der Waals surface area contributed by atoms with Crippen molar-refractivity contribution in [1.82, 2.24) is 10.3 Å². The van der Waals surface area contributed by atoms with Crippen molar-refractivity contribution in [3.05, 3.63) is 81.6 Å². The predicted octanol–water partition coefficient (Wildman–Crippen LogP) is 6.45. The summed E-state index contributed by atoms with van der Waals surface area (Å²) in [6, 6.07) is 15.0. The van der Waals surface area contributed by atoms with E-state index in [1.807, 2.05) is 35.6 Å². The van der Waals surface area contributed by atoms with Crippen LogP contribution in [-0.2, 0) is 11.3 Å². The second-order valence-corrected chi connectivity index (χ2v) is 9.01. The zero-order valence-electron chi connectivity index (χ0n) is 19.3. The summed E-state index contributed by atoms with van der Waals surface area (Å²) in [5.41, 5.74) is 2.78. The molecule has 0 atom stereocenters. The van der Waals surface area contributed by atoms with Gasteiger partial charge in [0, 0.05) is 23.8 Å². The molecule has 4 rings (SSSR count). The first-order chi connectivity index (χ1) is 18.2. The van der Waals surface area contributed by atoms with Crippen LogP contribution < -0.4 is 16.0 Å². The van der Waals surface area contributed by atoms with Crippen molar-refractivity contribution in [3.63, 3.8) is 0 Å². The van der Waals surface area contributed by atoms with Gasteiger partial charge in [0.15, 0.2) is 12.8 Å². The van der Waals surface area contributed by atoms with Crippen LogP contribution in [0.2, 0.25) is 5.02 Å². The van der Waals surface area contributed by atoms with Gasteiger partial charge in [0.25, 0.3) is 5.91 Å². The lowest BCUT2D eigenvalue weighted by Crippen LogP contribution is -2.27. The number of hydrogen-bond donors (Lipinski definition) is 3. The van der Waals surface area contributed by atoms with Gasteiger partial charge in [0.1, 0.15) is 4.88 Å². The quantitative estimate of drug-likeness (QED) is 0.104. The van der Waals surface area contributed by atoms with Crippen molar-refractivity contribution in [3.8, 4) is 6.19 Å². The molecular formula is C25H18ClF3N6O2S. The van der Waals surface area contributed by atoms with Crippen molar-refractivity contribution in [1.29, 1.82) is 5.26 Å². The molecule has 4 aromatic rings. The van der Waals surface area contributed by atoms with E-state index in [1.165, 1.54) is 35.7 Å². The number of anilines is 2. The minimum Gasteiger partial charge on any atom is -0.455 e. The molecule has 2 aromatic heterocycles. The molecule has 0 radical (unpaired) electrons. The number of carbonyl (C=O) groups is 1. The topological polar surface area (TPSA) is 111 Å². The van der Waals surface area contributed by atoms with E-state index in [1.54, 1.807) is 17.6 Å². The maximum atomic E-state index is 13.0. The van der Waals surface area contributed by atoms with Gasteiger partial charge in [-0.2, -0.15) is 23.4 Å². The van der Waals surface area contributed by atoms with E-state index < -0.39 is 24.7 Å². The molecule has 0 fully saturated rings. The number of nitriles is 1. The molecule has 0 aliphatic heterocycles. The minimum absolute atomic E-state index is 0.0153. The normalized spacial score (nSPS) is 11.6. The number of benzene rings is 2. The van der Waals surface area contributed by atoms with E-state index in [0.29, 0.717) is 17.1 Å². The predicted molar refractivity (Wildman–Crippen MR) is 141 cm³/mol. The van der Waals surface area contributed by atoms with Gasteiger partial charge >= 0.3 is 12.2 Å². The lowest BCUT2D eigenvalue weighted by atomic mass is 10.1. The largest absolute Gasteiger partial charge is 0.455 e. The lowest BCUT2D eigenvalue weighted by Gasteiger charge is -2.12. The lowest BCUT2D eigenvalue weighted by molar-refractivity contribution is -0.156. The summed E-state index contributed by atoms with van der Waals surface area (Å²) in [5, 5.41) is 19.6. The maximum absolute atomic E-state index is 13.0. The Hall–Kier alpha value is -4.34. The summed E-state index contributed by atoms with van der Waals surface area (Å²) in [5.74, 6) is -0.414. The average Bonchev–Trinajstić information content (AvgIpc) is 3.36. The molecule has 0 unspecified atom stereocenters. The zero-order chi connectivity index (χ0) is 27.1. The van der Waals surface area contributed by atoms with Gasteiger partial charge < -0.3 is 15.4 Å². The smallest absolute Gasteiger partial charge is 0.422 e. The number of alkyl halides is 3. The minimum atomic E-state index is -4.63. The van der Waals surface area contributed by atoms with Crippen LogP contribution in [0, 0.1) is 11.5 Å². The number of pyridine rings is 1. The molecule has 13 heteroatoms. The SMILES string of the molecule is N#CNC(=Nc1cc(NC(=O)c2sccc2NCc2cccc3ncccc23)ccc1Cl)OCC(F)(F)F. The number of halogens is 4. The molecule has 194 valence electrons. The monoisotopic (exact) mass is 558 g/mol. The van der Waals surface area contributed by atoms with Crippen LogP contribution in [0.1, 0.15) is 15.2 Å². The van der Waals surface area contributed by atoms with Crippen LogP contribution in [0.5, 0.6) is 0 Å². The number of amides is 1.